The number of nitrogens with zero attached hydrogens (tertiary/aromatic N) is 1. The lowest BCUT2D eigenvalue weighted by molar-refractivity contribution is -0.123. The summed E-state index contributed by atoms with van der Waals surface area (Å²) in [5, 5.41) is 13.1. The zero-order chi connectivity index (χ0) is 12.7. The fraction of sp³-hybridized carbons (Fsp3) is 0.923. The fourth-order valence-corrected chi connectivity index (χ4v) is 2.36. The fourth-order valence-electron chi connectivity index (χ4n) is 2.36. The molecular weight excluding hydrogens is 216 g/mol. The zero-order valence-corrected chi connectivity index (χ0v) is 11.2. The van der Waals surface area contributed by atoms with Crippen molar-refractivity contribution in [3.63, 3.8) is 0 Å². The highest BCUT2D eigenvalue weighted by atomic mass is 16.3. The number of carbonyl (C=O) groups excluding carboxylic acids is 1. The van der Waals surface area contributed by atoms with E-state index in [0.29, 0.717) is 13.1 Å². The van der Waals surface area contributed by atoms with Crippen LogP contribution in [0.2, 0.25) is 0 Å². The van der Waals surface area contributed by atoms with Crippen LogP contribution in [0.5, 0.6) is 0 Å². The summed E-state index contributed by atoms with van der Waals surface area (Å²) in [5.41, 5.74) is -0.656. The monoisotopic (exact) mass is 242 g/mol. The van der Waals surface area contributed by atoms with Crippen LogP contribution in [-0.4, -0.2) is 47.7 Å². The number of amides is 1. The van der Waals surface area contributed by atoms with Crippen LogP contribution in [0.4, 0.5) is 0 Å². The highest BCUT2D eigenvalue weighted by molar-refractivity contribution is 5.78. The van der Waals surface area contributed by atoms with E-state index in [1.54, 1.807) is 0 Å². The van der Waals surface area contributed by atoms with E-state index in [9.17, 15) is 9.90 Å². The van der Waals surface area contributed by atoms with Gasteiger partial charge >= 0.3 is 0 Å². The van der Waals surface area contributed by atoms with Gasteiger partial charge in [-0.2, -0.15) is 0 Å². The van der Waals surface area contributed by atoms with Gasteiger partial charge in [-0.3, -0.25) is 9.69 Å². The molecule has 1 amide bonds. The summed E-state index contributed by atoms with van der Waals surface area (Å²) in [5.74, 6) is 0.0210. The van der Waals surface area contributed by atoms with E-state index in [1.807, 2.05) is 13.8 Å². The van der Waals surface area contributed by atoms with Gasteiger partial charge < -0.3 is 10.4 Å². The van der Waals surface area contributed by atoms with Crippen LogP contribution in [0.15, 0.2) is 0 Å². The predicted molar refractivity (Wildman–Crippen MR) is 68.8 cm³/mol. The molecule has 1 saturated carbocycles. The minimum Gasteiger partial charge on any atom is -0.388 e. The molecule has 1 rings (SSSR count). The van der Waals surface area contributed by atoms with Crippen molar-refractivity contribution in [2.45, 2.75) is 51.6 Å². The molecule has 0 unspecified atom stereocenters. The van der Waals surface area contributed by atoms with Gasteiger partial charge in [-0.05, 0) is 25.9 Å². The van der Waals surface area contributed by atoms with E-state index < -0.39 is 5.60 Å². The van der Waals surface area contributed by atoms with Gasteiger partial charge in [0.05, 0.1) is 12.1 Å². The number of aliphatic hydroxyl groups is 1. The van der Waals surface area contributed by atoms with E-state index in [1.165, 1.54) is 6.42 Å². The second kappa shape index (κ2) is 6.97. The van der Waals surface area contributed by atoms with Crippen LogP contribution >= 0.6 is 0 Å². The standard InChI is InChI=1S/C13H26N2O2/c1-3-15(4-2)10-12(16)14-11-13(17)8-6-5-7-9-13/h17H,3-11H2,1-2H3,(H,14,16). The van der Waals surface area contributed by atoms with Crippen molar-refractivity contribution in [2.75, 3.05) is 26.2 Å². The first-order valence-electron chi connectivity index (χ1n) is 6.81. The van der Waals surface area contributed by atoms with Gasteiger partial charge in [-0.1, -0.05) is 33.1 Å². The number of rotatable bonds is 6. The Morgan fingerprint density at radius 3 is 2.35 bits per heavy atom. The minimum absolute atomic E-state index is 0.0210. The summed E-state index contributed by atoms with van der Waals surface area (Å²) >= 11 is 0. The Labute approximate surface area is 104 Å². The topological polar surface area (TPSA) is 52.6 Å². The molecule has 0 atom stereocenters. The molecule has 0 aromatic heterocycles. The first-order chi connectivity index (χ1) is 8.09. The highest BCUT2D eigenvalue weighted by Gasteiger charge is 2.29. The second-order valence-electron chi connectivity index (χ2n) is 5.02. The van der Waals surface area contributed by atoms with E-state index >= 15 is 0 Å². The van der Waals surface area contributed by atoms with Gasteiger partial charge in [-0.25, -0.2) is 0 Å². The molecule has 100 valence electrons. The van der Waals surface area contributed by atoms with Crippen molar-refractivity contribution in [1.29, 1.82) is 0 Å². The lowest BCUT2D eigenvalue weighted by Crippen LogP contribution is -2.46. The van der Waals surface area contributed by atoms with Gasteiger partial charge in [0.15, 0.2) is 0 Å². The van der Waals surface area contributed by atoms with Gasteiger partial charge in [0.1, 0.15) is 0 Å². The minimum atomic E-state index is -0.656. The van der Waals surface area contributed by atoms with Crippen LogP contribution in [-0.2, 0) is 4.79 Å². The molecule has 0 aliphatic heterocycles. The molecule has 0 radical (unpaired) electrons. The molecule has 0 saturated heterocycles. The maximum atomic E-state index is 11.7. The van der Waals surface area contributed by atoms with Crippen molar-refractivity contribution in [2.24, 2.45) is 0 Å². The molecular formula is C13H26N2O2. The van der Waals surface area contributed by atoms with Crippen molar-refractivity contribution in [3.05, 3.63) is 0 Å². The molecule has 0 bridgehead atoms. The SMILES string of the molecule is CCN(CC)CC(=O)NCC1(O)CCCCC1. The van der Waals surface area contributed by atoms with Gasteiger partial charge in [0.2, 0.25) is 5.91 Å². The maximum Gasteiger partial charge on any atom is 0.234 e. The first kappa shape index (κ1) is 14.5. The lowest BCUT2D eigenvalue weighted by Gasteiger charge is -2.32. The van der Waals surface area contributed by atoms with Crippen LogP contribution in [0, 0.1) is 0 Å². The molecule has 1 fully saturated rings. The molecule has 2 N–H and O–H groups in total. The van der Waals surface area contributed by atoms with E-state index in [4.69, 9.17) is 0 Å². The molecule has 1 aliphatic carbocycles. The van der Waals surface area contributed by atoms with Gasteiger partial charge in [-0.15, -0.1) is 0 Å². The summed E-state index contributed by atoms with van der Waals surface area (Å²) in [6.07, 6.45) is 4.98. The Morgan fingerprint density at radius 2 is 1.82 bits per heavy atom. The Hall–Kier alpha value is -0.610. The van der Waals surface area contributed by atoms with Crippen molar-refractivity contribution in [3.8, 4) is 0 Å². The molecule has 0 spiro atoms. The van der Waals surface area contributed by atoms with Crippen molar-refractivity contribution >= 4 is 5.91 Å². The zero-order valence-electron chi connectivity index (χ0n) is 11.2. The maximum absolute atomic E-state index is 11.7. The Morgan fingerprint density at radius 1 is 1.24 bits per heavy atom. The Balaban J connectivity index is 2.27. The first-order valence-corrected chi connectivity index (χ1v) is 6.81. The smallest absolute Gasteiger partial charge is 0.234 e. The quantitative estimate of drug-likeness (QED) is 0.734. The predicted octanol–water partition coefficient (Wildman–Crippen LogP) is 1.14. The summed E-state index contributed by atoms with van der Waals surface area (Å²) < 4.78 is 0. The third kappa shape index (κ3) is 5.04. The summed E-state index contributed by atoms with van der Waals surface area (Å²) in [4.78, 5) is 13.8. The number of nitrogens with one attached hydrogen (secondary N) is 1. The highest BCUT2D eigenvalue weighted by Crippen LogP contribution is 2.27. The Kier molecular flexibility index (Phi) is 5.92. The summed E-state index contributed by atoms with van der Waals surface area (Å²) in [6, 6.07) is 0. The van der Waals surface area contributed by atoms with Crippen LogP contribution in [0.1, 0.15) is 46.0 Å². The molecule has 0 heterocycles. The molecule has 0 aromatic rings. The normalized spacial score (nSPS) is 19.3. The molecule has 4 heteroatoms. The molecule has 0 aromatic carbocycles. The Bertz CT molecular complexity index is 234. The second-order valence-corrected chi connectivity index (χ2v) is 5.02. The van der Waals surface area contributed by atoms with Crippen LogP contribution in [0.3, 0.4) is 0 Å². The average molecular weight is 242 g/mol. The largest absolute Gasteiger partial charge is 0.388 e. The van der Waals surface area contributed by atoms with Crippen LogP contribution < -0.4 is 5.32 Å². The van der Waals surface area contributed by atoms with Gasteiger partial charge in [0.25, 0.3) is 0 Å². The summed E-state index contributed by atoms with van der Waals surface area (Å²) in [6.45, 7) is 6.70. The lowest BCUT2D eigenvalue weighted by atomic mass is 9.85. The average Bonchev–Trinajstić information content (AvgIpc) is 2.34. The van der Waals surface area contributed by atoms with E-state index in [-0.39, 0.29) is 5.91 Å². The number of likely N-dealkylation sites (N-methyl/N-ethyl adjacent to an activating group) is 1. The molecule has 4 nitrogen and oxygen atoms in total. The third-order valence-corrected chi connectivity index (χ3v) is 3.66. The number of hydrogen-bond donors (Lipinski definition) is 2. The number of carbonyl (C=O) groups is 1. The third-order valence-electron chi connectivity index (χ3n) is 3.66. The summed E-state index contributed by atoms with van der Waals surface area (Å²) in [7, 11) is 0. The van der Waals surface area contributed by atoms with Crippen molar-refractivity contribution < 1.29 is 9.90 Å². The van der Waals surface area contributed by atoms with E-state index in [0.717, 1.165) is 38.8 Å². The van der Waals surface area contributed by atoms with Crippen molar-refractivity contribution in [1.82, 2.24) is 10.2 Å². The van der Waals surface area contributed by atoms with Gasteiger partial charge in [0, 0.05) is 6.54 Å². The van der Waals surface area contributed by atoms with E-state index in [2.05, 4.69) is 10.2 Å². The molecule has 1 aliphatic rings. The van der Waals surface area contributed by atoms with Crippen LogP contribution in [0.25, 0.3) is 0 Å². The molecule has 17 heavy (non-hydrogen) atoms. The number of hydrogen-bond acceptors (Lipinski definition) is 3.